The molecule has 4 heteroatoms. The molecule has 1 aromatic carbocycles. The molecule has 0 heterocycles. The normalized spacial score (nSPS) is 14.2. The number of ketones is 1. The lowest BCUT2D eigenvalue weighted by Gasteiger charge is -2.15. The van der Waals surface area contributed by atoms with Crippen LogP contribution < -0.4 is 0 Å². The van der Waals surface area contributed by atoms with E-state index in [-0.39, 0.29) is 5.78 Å². The van der Waals surface area contributed by atoms with Crippen LogP contribution in [0.25, 0.3) is 0 Å². The van der Waals surface area contributed by atoms with Gasteiger partial charge in [-0.15, -0.1) is 0 Å². The second-order valence-corrected chi connectivity index (χ2v) is 4.31. The first-order valence-electron chi connectivity index (χ1n) is 4.95. The third kappa shape index (κ3) is 2.85. The standard InChI is InChI=1S/C12H14O3S/c1-7(12(14)15)11(16)10-5-3-4-9(6-10)8(2)13/h3-7,11,16H,1-2H3,(H,14,15). The summed E-state index contributed by atoms with van der Waals surface area (Å²) < 4.78 is 0. The fraction of sp³-hybridized carbons (Fsp3) is 0.333. The van der Waals surface area contributed by atoms with Gasteiger partial charge < -0.3 is 5.11 Å². The number of carboxylic acids is 1. The molecule has 86 valence electrons. The quantitative estimate of drug-likeness (QED) is 0.626. The number of hydrogen-bond acceptors (Lipinski definition) is 3. The van der Waals surface area contributed by atoms with Gasteiger partial charge in [-0.25, -0.2) is 0 Å². The number of carboxylic acid groups (broad SMARTS) is 1. The first-order chi connectivity index (χ1) is 7.43. The molecule has 0 spiro atoms. The van der Waals surface area contributed by atoms with Crippen LogP contribution in [0.3, 0.4) is 0 Å². The van der Waals surface area contributed by atoms with Crippen molar-refractivity contribution in [2.75, 3.05) is 0 Å². The maximum Gasteiger partial charge on any atom is 0.307 e. The predicted molar refractivity (Wildman–Crippen MR) is 65.0 cm³/mol. The Labute approximate surface area is 99.9 Å². The molecule has 16 heavy (non-hydrogen) atoms. The van der Waals surface area contributed by atoms with E-state index in [0.29, 0.717) is 5.56 Å². The molecule has 1 N–H and O–H groups in total. The molecule has 1 aromatic rings. The summed E-state index contributed by atoms with van der Waals surface area (Å²) in [6.07, 6.45) is 0. The first-order valence-corrected chi connectivity index (χ1v) is 5.47. The highest BCUT2D eigenvalue weighted by Gasteiger charge is 2.22. The smallest absolute Gasteiger partial charge is 0.307 e. The van der Waals surface area contributed by atoms with E-state index in [2.05, 4.69) is 12.6 Å². The average molecular weight is 238 g/mol. The van der Waals surface area contributed by atoms with E-state index in [1.807, 2.05) is 0 Å². The van der Waals surface area contributed by atoms with Gasteiger partial charge in [0, 0.05) is 10.8 Å². The summed E-state index contributed by atoms with van der Waals surface area (Å²) >= 11 is 4.28. The minimum Gasteiger partial charge on any atom is -0.481 e. The van der Waals surface area contributed by atoms with Crippen molar-refractivity contribution in [3.63, 3.8) is 0 Å². The lowest BCUT2D eigenvalue weighted by atomic mass is 9.98. The van der Waals surface area contributed by atoms with Crippen LogP contribution >= 0.6 is 12.6 Å². The van der Waals surface area contributed by atoms with Crippen molar-refractivity contribution in [3.8, 4) is 0 Å². The fourth-order valence-electron chi connectivity index (χ4n) is 1.37. The minimum absolute atomic E-state index is 0.0367. The summed E-state index contributed by atoms with van der Waals surface area (Å²) in [6, 6.07) is 6.92. The largest absolute Gasteiger partial charge is 0.481 e. The van der Waals surface area contributed by atoms with Crippen LogP contribution in [0.5, 0.6) is 0 Å². The van der Waals surface area contributed by atoms with Gasteiger partial charge in [-0.1, -0.05) is 25.1 Å². The van der Waals surface area contributed by atoms with E-state index in [9.17, 15) is 9.59 Å². The maximum absolute atomic E-state index is 11.2. The van der Waals surface area contributed by atoms with Gasteiger partial charge in [0.05, 0.1) is 5.92 Å². The Morgan fingerprint density at radius 1 is 1.38 bits per heavy atom. The molecule has 0 amide bonds. The molecule has 2 unspecified atom stereocenters. The monoisotopic (exact) mass is 238 g/mol. The van der Waals surface area contributed by atoms with Crippen molar-refractivity contribution < 1.29 is 14.7 Å². The van der Waals surface area contributed by atoms with Gasteiger partial charge in [0.1, 0.15) is 0 Å². The van der Waals surface area contributed by atoms with Crippen LogP contribution in [0.2, 0.25) is 0 Å². The molecule has 0 aliphatic rings. The van der Waals surface area contributed by atoms with Crippen LogP contribution in [0.1, 0.15) is 35.0 Å². The summed E-state index contributed by atoms with van der Waals surface area (Å²) in [4.78, 5) is 22.0. The summed E-state index contributed by atoms with van der Waals surface area (Å²) in [7, 11) is 0. The van der Waals surface area contributed by atoms with Crippen LogP contribution in [0.4, 0.5) is 0 Å². The predicted octanol–water partition coefficient (Wildman–Crippen LogP) is 2.58. The molecule has 0 aliphatic heterocycles. The fourth-order valence-corrected chi connectivity index (χ4v) is 1.65. The van der Waals surface area contributed by atoms with E-state index < -0.39 is 17.1 Å². The second kappa shape index (κ2) is 5.16. The zero-order valence-corrected chi connectivity index (χ0v) is 10.1. The number of carbonyl (C=O) groups excluding carboxylic acids is 1. The summed E-state index contributed by atoms with van der Waals surface area (Å²) in [5.41, 5.74) is 1.33. The van der Waals surface area contributed by atoms with Crippen molar-refractivity contribution in [2.24, 2.45) is 5.92 Å². The number of benzene rings is 1. The number of aliphatic carboxylic acids is 1. The van der Waals surface area contributed by atoms with Gasteiger partial charge in [0.15, 0.2) is 5.78 Å². The molecule has 3 nitrogen and oxygen atoms in total. The van der Waals surface area contributed by atoms with Crippen molar-refractivity contribution in [1.29, 1.82) is 0 Å². The highest BCUT2D eigenvalue weighted by molar-refractivity contribution is 7.80. The van der Waals surface area contributed by atoms with Crippen LogP contribution in [0, 0.1) is 5.92 Å². The Morgan fingerprint density at radius 2 is 2.00 bits per heavy atom. The Kier molecular flexibility index (Phi) is 4.12. The highest BCUT2D eigenvalue weighted by Crippen LogP contribution is 2.29. The van der Waals surface area contributed by atoms with Gasteiger partial charge in [-0.2, -0.15) is 12.6 Å². The molecule has 0 aliphatic carbocycles. The minimum atomic E-state index is -0.895. The maximum atomic E-state index is 11.2. The second-order valence-electron chi connectivity index (χ2n) is 3.75. The number of hydrogen-bond donors (Lipinski definition) is 2. The Bertz CT molecular complexity index is 414. The van der Waals surface area contributed by atoms with E-state index >= 15 is 0 Å². The van der Waals surface area contributed by atoms with E-state index in [1.165, 1.54) is 6.92 Å². The number of Topliss-reactive ketones (excluding diaryl/α,β-unsaturated/α-hetero) is 1. The molecule has 1 rings (SSSR count). The van der Waals surface area contributed by atoms with Crippen LogP contribution in [-0.4, -0.2) is 16.9 Å². The van der Waals surface area contributed by atoms with E-state index in [0.717, 1.165) is 5.56 Å². The molecule has 0 saturated carbocycles. The molecule has 0 aromatic heterocycles. The third-order valence-electron chi connectivity index (χ3n) is 2.50. The van der Waals surface area contributed by atoms with E-state index in [4.69, 9.17) is 5.11 Å². The van der Waals surface area contributed by atoms with Crippen molar-refractivity contribution in [3.05, 3.63) is 35.4 Å². The summed E-state index contributed by atoms with van der Waals surface area (Å²) in [5.74, 6) is -1.52. The van der Waals surface area contributed by atoms with Gasteiger partial charge in [0.2, 0.25) is 0 Å². The molecular formula is C12H14O3S. The molecule has 2 atom stereocenters. The molecule has 0 saturated heterocycles. The van der Waals surface area contributed by atoms with Gasteiger partial charge in [-0.3, -0.25) is 9.59 Å². The summed E-state index contributed by atoms with van der Waals surface area (Å²) in [6.45, 7) is 3.08. The SMILES string of the molecule is CC(=O)c1cccc(C(S)C(C)C(=O)O)c1. The van der Waals surface area contributed by atoms with Gasteiger partial charge in [0.25, 0.3) is 0 Å². The zero-order valence-electron chi connectivity index (χ0n) is 9.18. The number of carbonyl (C=O) groups is 2. The average Bonchev–Trinajstić information content (AvgIpc) is 2.27. The Hall–Kier alpha value is -1.29. The van der Waals surface area contributed by atoms with Crippen molar-refractivity contribution in [1.82, 2.24) is 0 Å². The highest BCUT2D eigenvalue weighted by atomic mass is 32.1. The first kappa shape index (κ1) is 12.8. The van der Waals surface area contributed by atoms with Crippen molar-refractivity contribution in [2.45, 2.75) is 19.1 Å². The zero-order chi connectivity index (χ0) is 12.3. The van der Waals surface area contributed by atoms with Crippen molar-refractivity contribution >= 4 is 24.4 Å². The molecule has 0 fully saturated rings. The van der Waals surface area contributed by atoms with Crippen LogP contribution in [0.15, 0.2) is 24.3 Å². The molecule has 0 radical (unpaired) electrons. The number of rotatable bonds is 4. The van der Waals surface area contributed by atoms with E-state index in [1.54, 1.807) is 31.2 Å². The Balaban J connectivity index is 3.00. The number of thiol groups is 1. The summed E-state index contributed by atoms with van der Waals surface area (Å²) in [5, 5.41) is 8.47. The Morgan fingerprint density at radius 3 is 2.50 bits per heavy atom. The lowest BCUT2D eigenvalue weighted by molar-refractivity contribution is -0.141. The molecule has 0 bridgehead atoms. The third-order valence-corrected chi connectivity index (χ3v) is 3.24. The lowest BCUT2D eigenvalue weighted by Crippen LogP contribution is -2.15. The van der Waals surface area contributed by atoms with Crippen LogP contribution in [-0.2, 0) is 4.79 Å². The topological polar surface area (TPSA) is 54.4 Å². The van der Waals surface area contributed by atoms with Gasteiger partial charge >= 0.3 is 5.97 Å². The van der Waals surface area contributed by atoms with Gasteiger partial charge in [-0.05, 0) is 18.6 Å². The molecular weight excluding hydrogens is 224 g/mol.